The second-order valence-electron chi connectivity index (χ2n) is 17.5. The molecule has 0 bridgehead atoms. The molecule has 1 spiro atoms. The molecule has 0 amide bonds. The molecule has 0 unspecified atom stereocenters. The third-order valence-corrected chi connectivity index (χ3v) is 14.0. The molecule has 66 heavy (non-hydrogen) atoms. The molecule has 1 aliphatic carbocycles. The van der Waals surface area contributed by atoms with Gasteiger partial charge in [-0.3, -0.25) is 0 Å². The smallest absolute Gasteiger partial charge is 0.0972 e. The molecule has 1 aliphatic heterocycles. The minimum absolute atomic E-state index is 0.576. The summed E-state index contributed by atoms with van der Waals surface area (Å²) in [5.74, 6) is 0. The largest absolute Gasteiger partial charge is 0.310 e. The number of hydrogen-bond donors (Lipinski definition) is 0. The van der Waals surface area contributed by atoms with E-state index in [0.29, 0.717) is 0 Å². The molecule has 306 valence electrons. The van der Waals surface area contributed by atoms with Gasteiger partial charge < -0.3 is 4.90 Å². The maximum Gasteiger partial charge on any atom is 0.0972 e. The molecule has 0 radical (unpaired) electrons. The van der Waals surface area contributed by atoms with Crippen LogP contribution in [0.4, 0.5) is 17.1 Å². The first-order valence-corrected chi connectivity index (χ1v) is 22.6. The van der Waals surface area contributed by atoms with Crippen LogP contribution in [0, 0.1) is 0 Å². The number of pyridine rings is 3. The standard InChI is InChI=1S/C62H38N4/c1-4-16-39(17-5-1)54-34-31-41-28-29-42-32-35-55(64-61(42)60(41)63-54)43-30-33-47-48-37-53-58(38-49(48)59(65-56(47)36-43)40-18-6-2-7-19-40)66(44-20-8-3-9-21-44)57-27-15-14-26-52(57)62(53)50-24-12-10-22-45(50)46-23-11-13-25-51(46)62/h1-38H. The van der Waals surface area contributed by atoms with Gasteiger partial charge in [0, 0.05) is 43.9 Å². The highest BCUT2D eigenvalue weighted by Gasteiger charge is 2.51. The van der Waals surface area contributed by atoms with Crippen LogP contribution in [-0.4, -0.2) is 15.0 Å². The summed E-state index contributed by atoms with van der Waals surface area (Å²) in [7, 11) is 0. The molecule has 4 heteroatoms. The van der Waals surface area contributed by atoms with E-state index in [1.807, 2.05) is 6.07 Å². The average molecular weight is 839 g/mol. The first-order valence-electron chi connectivity index (χ1n) is 22.6. The Morgan fingerprint density at radius 3 is 1.55 bits per heavy atom. The van der Waals surface area contributed by atoms with Gasteiger partial charge in [0.2, 0.25) is 0 Å². The Hall–Kier alpha value is -8.73. The maximum absolute atomic E-state index is 5.61. The summed E-state index contributed by atoms with van der Waals surface area (Å²) in [5, 5.41) is 5.48. The molecule has 4 nitrogen and oxygen atoms in total. The molecular formula is C62H38N4. The Labute approximate surface area is 381 Å². The van der Waals surface area contributed by atoms with E-state index in [2.05, 4.69) is 229 Å². The van der Waals surface area contributed by atoms with Gasteiger partial charge in [-0.05, 0) is 87.3 Å². The highest BCUT2D eigenvalue weighted by Crippen LogP contribution is 2.64. The fraction of sp³-hybridized carbons (Fsp3) is 0.0161. The van der Waals surface area contributed by atoms with E-state index >= 15 is 0 Å². The fourth-order valence-corrected chi connectivity index (χ4v) is 11.1. The van der Waals surface area contributed by atoms with Crippen LogP contribution in [0.5, 0.6) is 0 Å². The van der Waals surface area contributed by atoms with Gasteiger partial charge in [0.15, 0.2) is 0 Å². The van der Waals surface area contributed by atoms with Crippen molar-refractivity contribution in [3.8, 4) is 44.9 Å². The van der Waals surface area contributed by atoms with Gasteiger partial charge in [0.1, 0.15) is 0 Å². The minimum atomic E-state index is -0.576. The summed E-state index contributed by atoms with van der Waals surface area (Å²) in [5.41, 5.74) is 19.1. The van der Waals surface area contributed by atoms with Gasteiger partial charge in [-0.15, -0.1) is 0 Å². The summed E-state index contributed by atoms with van der Waals surface area (Å²) in [4.78, 5) is 18.6. The van der Waals surface area contributed by atoms with E-state index in [9.17, 15) is 0 Å². The molecule has 0 fully saturated rings. The zero-order valence-corrected chi connectivity index (χ0v) is 35.7. The van der Waals surface area contributed by atoms with Gasteiger partial charge >= 0.3 is 0 Å². The molecule has 14 rings (SSSR count). The quantitative estimate of drug-likeness (QED) is 0.166. The Bertz CT molecular complexity index is 3890. The Balaban J connectivity index is 1.05. The third kappa shape index (κ3) is 5.24. The first-order chi connectivity index (χ1) is 32.7. The normalized spacial score (nSPS) is 13.2. The van der Waals surface area contributed by atoms with E-state index in [0.717, 1.165) is 88.6 Å². The zero-order chi connectivity index (χ0) is 43.3. The summed E-state index contributed by atoms with van der Waals surface area (Å²) in [6, 6.07) is 83.3. The van der Waals surface area contributed by atoms with Crippen molar-refractivity contribution in [3.63, 3.8) is 0 Å². The van der Waals surface area contributed by atoms with E-state index in [1.165, 1.54) is 39.1 Å². The van der Waals surface area contributed by atoms with Crippen molar-refractivity contribution in [2.24, 2.45) is 0 Å². The summed E-state index contributed by atoms with van der Waals surface area (Å²) < 4.78 is 0. The topological polar surface area (TPSA) is 41.9 Å². The maximum atomic E-state index is 5.61. The molecule has 2 aliphatic rings. The Morgan fingerprint density at radius 1 is 0.333 bits per heavy atom. The minimum Gasteiger partial charge on any atom is -0.310 e. The van der Waals surface area contributed by atoms with Gasteiger partial charge in [-0.1, -0.05) is 182 Å². The molecular weight excluding hydrogens is 801 g/mol. The third-order valence-electron chi connectivity index (χ3n) is 14.0. The van der Waals surface area contributed by atoms with Crippen molar-refractivity contribution >= 4 is 60.5 Å². The van der Waals surface area contributed by atoms with Gasteiger partial charge in [0.25, 0.3) is 0 Å². The average Bonchev–Trinajstić information content (AvgIpc) is 3.69. The van der Waals surface area contributed by atoms with Crippen molar-refractivity contribution in [1.82, 2.24) is 15.0 Å². The molecule has 0 N–H and O–H groups in total. The number of hydrogen-bond acceptors (Lipinski definition) is 4. The second kappa shape index (κ2) is 14.1. The number of aromatic nitrogens is 3. The van der Waals surface area contributed by atoms with Crippen LogP contribution >= 0.6 is 0 Å². The van der Waals surface area contributed by atoms with Crippen LogP contribution in [0.15, 0.2) is 231 Å². The molecule has 12 aromatic rings. The lowest BCUT2D eigenvalue weighted by Crippen LogP contribution is -2.36. The number of benzene rings is 9. The molecule has 3 aromatic heterocycles. The van der Waals surface area contributed by atoms with Crippen molar-refractivity contribution < 1.29 is 0 Å². The fourth-order valence-electron chi connectivity index (χ4n) is 11.1. The lowest BCUT2D eigenvalue weighted by Gasteiger charge is -2.45. The van der Waals surface area contributed by atoms with E-state index < -0.39 is 5.41 Å². The Kier molecular flexibility index (Phi) is 7.87. The number of anilines is 3. The Morgan fingerprint density at radius 2 is 0.879 bits per heavy atom. The zero-order valence-electron chi connectivity index (χ0n) is 35.7. The van der Waals surface area contributed by atoms with Crippen molar-refractivity contribution in [3.05, 3.63) is 253 Å². The van der Waals surface area contributed by atoms with Gasteiger partial charge in [-0.25, -0.2) is 15.0 Å². The van der Waals surface area contributed by atoms with Crippen LogP contribution in [0.3, 0.4) is 0 Å². The van der Waals surface area contributed by atoms with Crippen molar-refractivity contribution in [2.75, 3.05) is 4.90 Å². The first kappa shape index (κ1) is 36.7. The van der Waals surface area contributed by atoms with Crippen LogP contribution in [0.25, 0.3) is 88.4 Å². The van der Waals surface area contributed by atoms with Crippen LogP contribution in [0.1, 0.15) is 22.3 Å². The van der Waals surface area contributed by atoms with Crippen LogP contribution in [-0.2, 0) is 5.41 Å². The number of fused-ring (bicyclic) bond motifs is 15. The molecule has 4 heterocycles. The highest BCUT2D eigenvalue weighted by molar-refractivity contribution is 6.14. The monoisotopic (exact) mass is 838 g/mol. The van der Waals surface area contributed by atoms with E-state index in [1.54, 1.807) is 0 Å². The van der Waals surface area contributed by atoms with E-state index in [4.69, 9.17) is 15.0 Å². The van der Waals surface area contributed by atoms with Gasteiger partial charge in [0.05, 0.1) is 50.4 Å². The predicted molar refractivity (Wildman–Crippen MR) is 272 cm³/mol. The molecule has 9 aromatic carbocycles. The van der Waals surface area contributed by atoms with Crippen molar-refractivity contribution in [2.45, 2.75) is 5.41 Å². The number of rotatable bonds is 4. The van der Waals surface area contributed by atoms with Crippen LogP contribution in [0.2, 0.25) is 0 Å². The second-order valence-corrected chi connectivity index (χ2v) is 17.5. The molecule has 0 atom stereocenters. The molecule has 0 saturated carbocycles. The lowest BCUT2D eigenvalue weighted by atomic mass is 9.64. The summed E-state index contributed by atoms with van der Waals surface area (Å²) in [6.07, 6.45) is 0. The summed E-state index contributed by atoms with van der Waals surface area (Å²) in [6.45, 7) is 0. The van der Waals surface area contributed by atoms with E-state index in [-0.39, 0.29) is 0 Å². The lowest BCUT2D eigenvalue weighted by molar-refractivity contribution is 0.754. The van der Waals surface area contributed by atoms with Crippen LogP contribution < -0.4 is 4.90 Å². The predicted octanol–water partition coefficient (Wildman–Crippen LogP) is 15.6. The highest BCUT2D eigenvalue weighted by atomic mass is 15.2. The number of nitrogens with zero attached hydrogens (tertiary/aromatic N) is 4. The molecule has 0 saturated heterocycles. The number of para-hydroxylation sites is 2. The van der Waals surface area contributed by atoms with Gasteiger partial charge in [-0.2, -0.15) is 0 Å². The summed E-state index contributed by atoms with van der Waals surface area (Å²) >= 11 is 0. The van der Waals surface area contributed by atoms with Crippen molar-refractivity contribution in [1.29, 1.82) is 0 Å². The SMILES string of the molecule is c1ccc(-c2ccc3ccc4ccc(-c5ccc6c(c5)nc(-c5ccccc5)c5cc7c(cc56)C5(c6ccccc6-c6ccccc65)c5ccccc5N7c5ccccc5)nc4c3n2)cc1.